The Morgan fingerprint density at radius 3 is 2.58 bits per heavy atom. The molecule has 1 aromatic carbocycles. The highest BCUT2D eigenvalue weighted by atomic mass is 16.6. The molecule has 24 heavy (non-hydrogen) atoms. The Balaban J connectivity index is 2.36. The first kappa shape index (κ1) is 17.2. The summed E-state index contributed by atoms with van der Waals surface area (Å²) >= 11 is 0. The lowest BCUT2D eigenvalue weighted by Gasteiger charge is -2.15. The molecule has 0 aliphatic rings. The van der Waals surface area contributed by atoms with E-state index >= 15 is 0 Å². The minimum absolute atomic E-state index is 0.00226. The number of nitro benzene ring substituents is 1. The molecule has 0 radical (unpaired) electrons. The van der Waals surface area contributed by atoms with Gasteiger partial charge in [-0.05, 0) is 12.1 Å². The Morgan fingerprint density at radius 1 is 1.29 bits per heavy atom. The molecule has 0 bridgehead atoms. The third-order valence-electron chi connectivity index (χ3n) is 3.30. The molecule has 2 rings (SSSR count). The lowest BCUT2D eigenvalue weighted by Crippen LogP contribution is -2.21. The molecular formula is C18H16N2O4. The van der Waals surface area contributed by atoms with Crippen LogP contribution in [0.1, 0.15) is 26.5 Å². The van der Waals surface area contributed by atoms with Gasteiger partial charge in [0.15, 0.2) is 5.78 Å². The molecule has 0 N–H and O–H groups in total. The topological polar surface area (TPSA) is 97.1 Å². The maximum absolute atomic E-state index is 12.2. The van der Waals surface area contributed by atoms with Crippen LogP contribution in [0.3, 0.4) is 0 Å². The highest BCUT2D eigenvalue weighted by Crippen LogP contribution is 2.27. The summed E-state index contributed by atoms with van der Waals surface area (Å²) in [6, 6.07) is 11.2. The molecule has 6 nitrogen and oxygen atoms in total. The molecule has 0 atom stereocenters. The monoisotopic (exact) mass is 324 g/mol. The second-order valence-electron chi connectivity index (χ2n) is 6.26. The van der Waals surface area contributed by atoms with Crippen molar-refractivity contribution < 1.29 is 14.1 Å². The fourth-order valence-electron chi connectivity index (χ4n) is 2.05. The number of benzene rings is 1. The summed E-state index contributed by atoms with van der Waals surface area (Å²) < 4.78 is 5.60. The van der Waals surface area contributed by atoms with Crippen molar-refractivity contribution in [2.75, 3.05) is 0 Å². The van der Waals surface area contributed by atoms with E-state index in [0.717, 1.165) is 0 Å². The second kappa shape index (κ2) is 6.50. The summed E-state index contributed by atoms with van der Waals surface area (Å²) in [6.45, 7) is 5.20. The molecule has 1 aromatic heterocycles. The Bertz CT molecular complexity index is 864. The second-order valence-corrected chi connectivity index (χ2v) is 6.26. The maximum atomic E-state index is 12.2. The van der Waals surface area contributed by atoms with Gasteiger partial charge in [-0.15, -0.1) is 0 Å². The van der Waals surface area contributed by atoms with Crippen LogP contribution in [0.2, 0.25) is 0 Å². The van der Waals surface area contributed by atoms with Crippen molar-refractivity contribution in [1.82, 2.24) is 0 Å². The lowest BCUT2D eigenvalue weighted by atomic mass is 9.86. The molecule has 0 fully saturated rings. The minimum Gasteiger partial charge on any atom is -0.457 e. The van der Waals surface area contributed by atoms with E-state index in [1.807, 2.05) is 6.07 Å². The van der Waals surface area contributed by atoms with E-state index in [2.05, 4.69) is 0 Å². The minimum atomic E-state index is -0.670. The van der Waals surface area contributed by atoms with E-state index in [0.29, 0.717) is 17.1 Å². The van der Waals surface area contributed by atoms with Gasteiger partial charge in [-0.2, -0.15) is 5.26 Å². The van der Waals surface area contributed by atoms with Gasteiger partial charge >= 0.3 is 0 Å². The molecule has 0 aliphatic heterocycles. The summed E-state index contributed by atoms with van der Waals surface area (Å²) in [5.74, 6) is 0.481. The Hall–Kier alpha value is -3.20. The zero-order valence-electron chi connectivity index (χ0n) is 13.6. The van der Waals surface area contributed by atoms with Gasteiger partial charge in [0, 0.05) is 29.2 Å². The predicted molar refractivity (Wildman–Crippen MR) is 88.9 cm³/mol. The number of rotatable bonds is 4. The van der Waals surface area contributed by atoms with Crippen LogP contribution in [-0.2, 0) is 4.79 Å². The summed E-state index contributed by atoms with van der Waals surface area (Å²) in [7, 11) is 0. The van der Waals surface area contributed by atoms with Gasteiger partial charge in [0.05, 0.1) is 10.5 Å². The molecule has 6 heteroatoms. The number of carbonyl (C=O) groups excluding carboxylic acids is 1. The van der Waals surface area contributed by atoms with Crippen molar-refractivity contribution >= 4 is 17.5 Å². The van der Waals surface area contributed by atoms with Crippen LogP contribution in [0.4, 0.5) is 5.69 Å². The van der Waals surface area contributed by atoms with Crippen LogP contribution in [-0.4, -0.2) is 10.7 Å². The largest absolute Gasteiger partial charge is 0.457 e. The van der Waals surface area contributed by atoms with E-state index in [4.69, 9.17) is 4.42 Å². The van der Waals surface area contributed by atoms with Crippen LogP contribution in [0.25, 0.3) is 17.4 Å². The molecule has 0 spiro atoms. The highest BCUT2D eigenvalue weighted by Gasteiger charge is 2.25. The number of nitrogens with zero attached hydrogens (tertiary/aromatic N) is 2. The van der Waals surface area contributed by atoms with Gasteiger partial charge in [-0.25, -0.2) is 0 Å². The SMILES string of the molecule is CC(C)(C)C(=O)/C(C#N)=C/c1ccc(-c2cccc([N+](=O)[O-])c2)o1. The fraction of sp³-hybridized carbons (Fsp3) is 0.222. The van der Waals surface area contributed by atoms with Gasteiger partial charge < -0.3 is 4.42 Å². The quantitative estimate of drug-likeness (QED) is 0.360. The first-order chi connectivity index (χ1) is 11.2. The van der Waals surface area contributed by atoms with Crippen molar-refractivity contribution in [2.24, 2.45) is 5.41 Å². The summed E-state index contributed by atoms with van der Waals surface area (Å²) in [4.78, 5) is 22.5. The zero-order chi connectivity index (χ0) is 17.9. The van der Waals surface area contributed by atoms with Crippen LogP contribution in [0.15, 0.2) is 46.4 Å². The molecule has 0 saturated heterocycles. The van der Waals surface area contributed by atoms with Crippen LogP contribution in [0.5, 0.6) is 0 Å². The molecule has 122 valence electrons. The van der Waals surface area contributed by atoms with Crippen LogP contribution in [0, 0.1) is 26.9 Å². The van der Waals surface area contributed by atoms with Crippen LogP contribution < -0.4 is 0 Å². The molecule has 2 aromatic rings. The van der Waals surface area contributed by atoms with Crippen LogP contribution >= 0.6 is 0 Å². The number of ketones is 1. The van der Waals surface area contributed by atoms with Gasteiger partial charge in [-0.3, -0.25) is 14.9 Å². The Kier molecular flexibility index (Phi) is 4.65. The number of furan rings is 1. The third kappa shape index (κ3) is 3.76. The first-order valence-corrected chi connectivity index (χ1v) is 7.23. The zero-order valence-corrected chi connectivity index (χ0v) is 13.6. The lowest BCUT2D eigenvalue weighted by molar-refractivity contribution is -0.384. The van der Waals surface area contributed by atoms with E-state index in [1.165, 1.54) is 18.2 Å². The summed E-state index contributed by atoms with van der Waals surface area (Å²) in [5, 5.41) is 20.0. The molecule has 1 heterocycles. The van der Waals surface area contributed by atoms with Crippen molar-refractivity contribution in [3.63, 3.8) is 0 Å². The number of Topliss-reactive ketones (excluding diaryl/α,β-unsaturated/α-hetero) is 1. The highest BCUT2D eigenvalue weighted by molar-refractivity contribution is 6.05. The van der Waals surface area contributed by atoms with Crippen molar-refractivity contribution in [3.05, 3.63) is 57.8 Å². The Labute approximate surface area is 139 Å². The average Bonchev–Trinajstić information content (AvgIpc) is 2.99. The van der Waals surface area contributed by atoms with E-state index < -0.39 is 10.3 Å². The van der Waals surface area contributed by atoms with E-state index in [9.17, 15) is 20.2 Å². The maximum Gasteiger partial charge on any atom is 0.270 e. The number of carbonyl (C=O) groups is 1. The van der Waals surface area contributed by atoms with Gasteiger partial charge in [-0.1, -0.05) is 32.9 Å². The van der Waals surface area contributed by atoms with Crippen molar-refractivity contribution in [2.45, 2.75) is 20.8 Å². The molecular weight excluding hydrogens is 308 g/mol. The number of nitro groups is 1. The number of allylic oxidation sites excluding steroid dienone is 1. The summed E-state index contributed by atoms with van der Waals surface area (Å²) in [5.41, 5.74) is -0.162. The third-order valence-corrected chi connectivity index (χ3v) is 3.30. The smallest absolute Gasteiger partial charge is 0.270 e. The molecule has 0 saturated carbocycles. The molecule has 0 amide bonds. The fourth-order valence-corrected chi connectivity index (χ4v) is 2.05. The number of non-ortho nitro benzene ring substituents is 1. The van der Waals surface area contributed by atoms with E-state index in [1.54, 1.807) is 45.0 Å². The number of hydrogen-bond donors (Lipinski definition) is 0. The van der Waals surface area contributed by atoms with Crippen molar-refractivity contribution in [1.29, 1.82) is 5.26 Å². The van der Waals surface area contributed by atoms with Gasteiger partial charge in [0.1, 0.15) is 17.6 Å². The first-order valence-electron chi connectivity index (χ1n) is 7.23. The molecule has 0 unspecified atom stereocenters. The van der Waals surface area contributed by atoms with Gasteiger partial charge in [0.2, 0.25) is 0 Å². The average molecular weight is 324 g/mol. The normalized spacial score (nSPS) is 11.8. The summed E-state index contributed by atoms with van der Waals surface area (Å²) in [6.07, 6.45) is 1.38. The van der Waals surface area contributed by atoms with E-state index in [-0.39, 0.29) is 17.0 Å². The van der Waals surface area contributed by atoms with Crippen molar-refractivity contribution in [3.8, 4) is 17.4 Å². The predicted octanol–water partition coefficient (Wildman–Crippen LogP) is 4.38. The standard InChI is InChI=1S/C18H16N2O4/c1-18(2,3)17(21)13(11-19)10-15-7-8-16(24-15)12-5-4-6-14(9-12)20(22)23/h4-10H,1-3H3/b13-10+. The van der Waals surface area contributed by atoms with Gasteiger partial charge in [0.25, 0.3) is 5.69 Å². The number of hydrogen-bond acceptors (Lipinski definition) is 5. The Morgan fingerprint density at radius 2 is 2.00 bits per heavy atom. The molecule has 0 aliphatic carbocycles. The number of nitriles is 1.